The van der Waals surface area contributed by atoms with Crippen LogP contribution in [0, 0.1) is 0 Å². The molecule has 0 aromatic carbocycles. The molecule has 7 heteroatoms. The first kappa shape index (κ1) is 15.7. The van der Waals surface area contributed by atoms with E-state index in [2.05, 4.69) is 20.7 Å². The number of rotatable bonds is 5. The van der Waals surface area contributed by atoms with Crippen LogP contribution in [-0.4, -0.2) is 32.4 Å². The van der Waals surface area contributed by atoms with Crippen molar-refractivity contribution < 1.29 is 23.4 Å². The molecule has 0 radical (unpaired) electrons. The van der Waals surface area contributed by atoms with Gasteiger partial charge in [-0.15, -0.1) is 0 Å². The fourth-order valence-corrected chi connectivity index (χ4v) is 1.57. The van der Waals surface area contributed by atoms with Gasteiger partial charge in [-0.2, -0.15) is 0 Å². The molecule has 1 rings (SSSR count). The van der Waals surface area contributed by atoms with Crippen molar-refractivity contribution in [1.29, 1.82) is 0 Å². The summed E-state index contributed by atoms with van der Waals surface area (Å²) in [5, 5.41) is 0. The van der Waals surface area contributed by atoms with Crippen molar-refractivity contribution in [1.82, 2.24) is 0 Å². The normalized spacial score (nSPS) is 11.2. The smallest absolute Gasteiger partial charge is 0.380 e. The van der Waals surface area contributed by atoms with Crippen LogP contribution in [0.2, 0.25) is 0 Å². The van der Waals surface area contributed by atoms with Crippen LogP contribution in [0.5, 0.6) is 5.75 Å². The molecule has 1 aromatic heterocycles. The van der Waals surface area contributed by atoms with Crippen molar-refractivity contribution in [3.8, 4) is 5.75 Å². The van der Waals surface area contributed by atoms with Crippen molar-refractivity contribution >= 4 is 21.9 Å². The van der Waals surface area contributed by atoms with Crippen LogP contribution < -0.4 is 10.4 Å². The molecular weight excluding hydrogens is 320 g/mol. The first-order valence-corrected chi connectivity index (χ1v) is 6.20. The fraction of sp³-hybridized carbons (Fsp3) is 0.500. The van der Waals surface area contributed by atoms with Crippen molar-refractivity contribution in [2.24, 2.45) is 0 Å². The lowest BCUT2D eigenvalue weighted by Crippen LogP contribution is -2.32. The summed E-state index contributed by atoms with van der Waals surface area (Å²) in [6, 6.07) is 1.32. The quantitative estimate of drug-likeness (QED) is 0.766. The summed E-state index contributed by atoms with van der Waals surface area (Å²) in [7, 11) is 2.74. The highest BCUT2D eigenvalue weighted by Crippen LogP contribution is 2.23. The van der Waals surface area contributed by atoms with Gasteiger partial charge in [0, 0.05) is 13.2 Å². The molecule has 0 amide bonds. The Morgan fingerprint density at radius 2 is 2.05 bits per heavy atom. The third-order valence-corrected chi connectivity index (χ3v) is 2.96. The standard InChI is InChI=1S/C12H15BrO6/c1-12(2,17-4)6-18-9-7(13)5-8(10(14)16-3)19-11(9)15/h5H,6H2,1-4H3. The topological polar surface area (TPSA) is 75.0 Å². The van der Waals surface area contributed by atoms with Crippen molar-refractivity contribution in [2.45, 2.75) is 19.4 Å². The van der Waals surface area contributed by atoms with Crippen LogP contribution in [0.25, 0.3) is 0 Å². The van der Waals surface area contributed by atoms with Gasteiger partial charge in [0.25, 0.3) is 0 Å². The maximum atomic E-state index is 11.7. The molecule has 0 aliphatic heterocycles. The second-order valence-electron chi connectivity index (χ2n) is 4.32. The zero-order valence-corrected chi connectivity index (χ0v) is 12.7. The van der Waals surface area contributed by atoms with Gasteiger partial charge in [0.2, 0.25) is 11.5 Å². The predicted octanol–water partition coefficient (Wildman–Crippen LogP) is 1.99. The van der Waals surface area contributed by atoms with Gasteiger partial charge in [-0.3, -0.25) is 0 Å². The molecule has 0 aliphatic rings. The Hall–Kier alpha value is -1.34. The highest BCUT2D eigenvalue weighted by Gasteiger charge is 2.21. The summed E-state index contributed by atoms with van der Waals surface area (Å²) < 4.78 is 20.1. The first-order valence-electron chi connectivity index (χ1n) is 5.40. The summed E-state index contributed by atoms with van der Waals surface area (Å²) in [5.74, 6) is -0.947. The van der Waals surface area contributed by atoms with Gasteiger partial charge >= 0.3 is 11.6 Å². The third-order valence-electron chi connectivity index (χ3n) is 2.37. The number of methoxy groups -OCH3 is 2. The van der Waals surface area contributed by atoms with Crippen LogP contribution in [0.15, 0.2) is 19.8 Å². The van der Waals surface area contributed by atoms with Gasteiger partial charge in [0.15, 0.2) is 0 Å². The Bertz CT molecular complexity index is 519. The predicted molar refractivity (Wildman–Crippen MR) is 70.6 cm³/mol. The van der Waals surface area contributed by atoms with Crippen LogP contribution in [0.3, 0.4) is 0 Å². The van der Waals surface area contributed by atoms with Crippen LogP contribution in [0.4, 0.5) is 0 Å². The molecule has 1 aromatic rings. The summed E-state index contributed by atoms with van der Waals surface area (Å²) in [6.45, 7) is 3.78. The summed E-state index contributed by atoms with van der Waals surface area (Å²) in [6.07, 6.45) is 0. The summed E-state index contributed by atoms with van der Waals surface area (Å²) in [4.78, 5) is 23.0. The average molecular weight is 335 g/mol. The van der Waals surface area contributed by atoms with Crippen LogP contribution >= 0.6 is 15.9 Å². The van der Waals surface area contributed by atoms with E-state index in [1.165, 1.54) is 13.2 Å². The molecule has 0 saturated heterocycles. The molecule has 0 atom stereocenters. The number of hydrogen-bond donors (Lipinski definition) is 0. The molecular formula is C12H15BrO6. The lowest BCUT2D eigenvalue weighted by atomic mass is 10.1. The Balaban J connectivity index is 2.99. The molecule has 0 spiro atoms. The molecule has 0 fully saturated rings. The SMILES string of the molecule is COC(=O)c1cc(Br)c(OCC(C)(C)OC)c(=O)o1. The Morgan fingerprint density at radius 3 is 2.53 bits per heavy atom. The maximum absolute atomic E-state index is 11.7. The minimum atomic E-state index is -0.762. The van der Waals surface area contributed by atoms with Gasteiger partial charge in [-0.25, -0.2) is 9.59 Å². The molecule has 0 N–H and O–H groups in total. The summed E-state index contributed by atoms with van der Waals surface area (Å²) >= 11 is 3.15. The zero-order valence-electron chi connectivity index (χ0n) is 11.1. The van der Waals surface area contributed by atoms with E-state index in [1.807, 2.05) is 13.8 Å². The van der Waals surface area contributed by atoms with E-state index >= 15 is 0 Å². The van der Waals surface area contributed by atoms with E-state index < -0.39 is 17.2 Å². The first-order chi connectivity index (χ1) is 8.80. The molecule has 1 heterocycles. The van der Waals surface area contributed by atoms with Gasteiger partial charge < -0.3 is 18.6 Å². The third kappa shape index (κ3) is 4.07. The number of hydrogen-bond acceptors (Lipinski definition) is 6. The largest absolute Gasteiger partial charge is 0.483 e. The minimum Gasteiger partial charge on any atom is -0.483 e. The number of ether oxygens (including phenoxy) is 3. The van der Waals surface area contributed by atoms with E-state index in [1.54, 1.807) is 7.11 Å². The van der Waals surface area contributed by atoms with E-state index in [9.17, 15) is 9.59 Å². The van der Waals surface area contributed by atoms with E-state index in [0.29, 0.717) is 4.47 Å². The number of halogens is 1. The van der Waals surface area contributed by atoms with Gasteiger partial charge in [-0.1, -0.05) is 0 Å². The molecule has 0 bridgehead atoms. The Labute approximate surface area is 118 Å². The highest BCUT2D eigenvalue weighted by molar-refractivity contribution is 9.10. The lowest BCUT2D eigenvalue weighted by molar-refractivity contribution is -0.0157. The van der Waals surface area contributed by atoms with Crippen LogP contribution in [-0.2, 0) is 9.47 Å². The van der Waals surface area contributed by atoms with Crippen LogP contribution in [0.1, 0.15) is 24.4 Å². The average Bonchev–Trinajstić information content (AvgIpc) is 2.36. The van der Waals surface area contributed by atoms with Gasteiger partial charge in [0.05, 0.1) is 17.2 Å². The number of carbonyl (C=O) groups excluding carboxylic acids is 1. The number of carbonyl (C=O) groups is 1. The molecule has 0 unspecified atom stereocenters. The van der Waals surface area contributed by atoms with Gasteiger partial charge in [-0.05, 0) is 29.8 Å². The van der Waals surface area contributed by atoms with E-state index in [4.69, 9.17) is 13.9 Å². The minimum absolute atomic E-state index is 0.0159. The molecule has 19 heavy (non-hydrogen) atoms. The van der Waals surface area contributed by atoms with Gasteiger partial charge in [0.1, 0.15) is 6.61 Å². The molecule has 0 aliphatic carbocycles. The van der Waals surface area contributed by atoms with Crippen molar-refractivity contribution in [2.75, 3.05) is 20.8 Å². The monoisotopic (exact) mass is 334 g/mol. The highest BCUT2D eigenvalue weighted by atomic mass is 79.9. The molecule has 6 nitrogen and oxygen atoms in total. The van der Waals surface area contributed by atoms with E-state index in [0.717, 1.165) is 0 Å². The lowest BCUT2D eigenvalue weighted by Gasteiger charge is -2.22. The molecule has 106 valence electrons. The van der Waals surface area contributed by atoms with Crippen molar-refractivity contribution in [3.05, 3.63) is 26.7 Å². The van der Waals surface area contributed by atoms with E-state index in [-0.39, 0.29) is 18.1 Å². The molecule has 0 saturated carbocycles. The Kier molecular flexibility index (Phi) is 5.13. The fourth-order valence-electron chi connectivity index (χ4n) is 1.09. The number of esters is 1. The maximum Gasteiger partial charge on any atom is 0.380 e. The summed E-state index contributed by atoms with van der Waals surface area (Å²) in [5.41, 5.74) is -1.31. The zero-order chi connectivity index (χ0) is 14.6. The second kappa shape index (κ2) is 6.21. The Morgan fingerprint density at radius 1 is 1.42 bits per heavy atom. The van der Waals surface area contributed by atoms with Crippen molar-refractivity contribution in [3.63, 3.8) is 0 Å². The second-order valence-corrected chi connectivity index (χ2v) is 5.17.